The average molecular weight is 314 g/mol. The van der Waals surface area contributed by atoms with Crippen molar-refractivity contribution in [1.29, 1.82) is 5.26 Å². The van der Waals surface area contributed by atoms with E-state index in [9.17, 15) is 5.26 Å². The molecular formula is C18H20ClNSi. The average Bonchev–Trinajstić information content (AvgIpc) is 2.50. The van der Waals surface area contributed by atoms with Gasteiger partial charge in [0.1, 0.15) is 0 Å². The van der Waals surface area contributed by atoms with E-state index in [1.165, 1.54) is 10.8 Å². The maximum absolute atomic E-state index is 9.61. The molecule has 3 heteroatoms. The maximum Gasteiger partial charge on any atom is 0.0989 e. The number of hydrogen-bond donors (Lipinski definition) is 0. The molecule has 0 aliphatic heterocycles. The first-order chi connectivity index (χ1) is 10.0. The van der Waals surface area contributed by atoms with Gasteiger partial charge in [-0.1, -0.05) is 72.3 Å². The Morgan fingerprint density at radius 3 is 2.24 bits per heavy atom. The van der Waals surface area contributed by atoms with E-state index in [4.69, 9.17) is 11.6 Å². The molecular weight excluding hydrogens is 294 g/mol. The molecule has 0 spiro atoms. The minimum Gasteiger partial charge on any atom is -0.198 e. The lowest BCUT2D eigenvalue weighted by Gasteiger charge is -2.28. The van der Waals surface area contributed by atoms with Crippen LogP contribution in [0, 0.1) is 11.3 Å². The van der Waals surface area contributed by atoms with E-state index < -0.39 is 8.07 Å². The Kier molecular flexibility index (Phi) is 5.22. The van der Waals surface area contributed by atoms with Crippen LogP contribution in [0.5, 0.6) is 0 Å². The lowest BCUT2D eigenvalue weighted by atomic mass is 10.1. The van der Waals surface area contributed by atoms with Gasteiger partial charge in [0, 0.05) is 10.6 Å². The highest BCUT2D eigenvalue weighted by molar-refractivity contribution is 6.91. The maximum atomic E-state index is 9.61. The van der Waals surface area contributed by atoms with Gasteiger partial charge < -0.3 is 0 Å². The zero-order valence-corrected chi connectivity index (χ0v) is 14.3. The van der Waals surface area contributed by atoms with Gasteiger partial charge in [-0.2, -0.15) is 5.26 Å². The molecule has 2 rings (SSSR count). The second-order valence-corrected chi connectivity index (χ2v) is 11.1. The molecule has 1 atom stereocenters. The monoisotopic (exact) mass is 313 g/mol. The standard InChI is InChI=1S/C18H20ClNSi/c1-21(2,17-6-4-3-5-7-17)18(14-20)13-10-15-8-11-16(19)12-9-15/h3-9,11-12,18H,10,13H2,1-2H3/t18-/m0/s1. The fraction of sp³-hybridized carbons (Fsp3) is 0.278. The first-order valence-electron chi connectivity index (χ1n) is 7.23. The third kappa shape index (κ3) is 3.97. The third-order valence-corrected chi connectivity index (χ3v) is 8.41. The predicted octanol–water partition coefficient (Wildman–Crippen LogP) is 4.78. The Morgan fingerprint density at radius 2 is 1.67 bits per heavy atom. The molecule has 21 heavy (non-hydrogen) atoms. The van der Waals surface area contributed by atoms with Crippen LogP contribution in [-0.2, 0) is 6.42 Å². The molecule has 0 saturated carbocycles. The quantitative estimate of drug-likeness (QED) is 0.729. The molecule has 1 nitrogen and oxygen atoms in total. The van der Waals surface area contributed by atoms with Crippen molar-refractivity contribution in [3.8, 4) is 6.07 Å². The van der Waals surface area contributed by atoms with Crippen LogP contribution in [0.15, 0.2) is 54.6 Å². The van der Waals surface area contributed by atoms with Crippen molar-refractivity contribution >= 4 is 24.9 Å². The van der Waals surface area contributed by atoms with E-state index in [0.29, 0.717) is 0 Å². The normalized spacial score (nSPS) is 12.7. The zero-order valence-electron chi connectivity index (χ0n) is 12.5. The van der Waals surface area contributed by atoms with Gasteiger partial charge >= 0.3 is 0 Å². The van der Waals surface area contributed by atoms with E-state index in [2.05, 4.69) is 43.4 Å². The van der Waals surface area contributed by atoms with Crippen molar-refractivity contribution in [3.63, 3.8) is 0 Å². The summed E-state index contributed by atoms with van der Waals surface area (Å²) >= 11 is 5.91. The van der Waals surface area contributed by atoms with Crippen LogP contribution in [0.4, 0.5) is 0 Å². The summed E-state index contributed by atoms with van der Waals surface area (Å²) in [5.41, 5.74) is 1.37. The number of halogens is 1. The molecule has 2 aromatic rings. The largest absolute Gasteiger partial charge is 0.198 e. The summed E-state index contributed by atoms with van der Waals surface area (Å²) in [6.07, 6.45) is 1.84. The van der Waals surface area contributed by atoms with Gasteiger partial charge in [-0.25, -0.2) is 0 Å². The van der Waals surface area contributed by atoms with E-state index >= 15 is 0 Å². The highest BCUT2D eigenvalue weighted by Crippen LogP contribution is 2.26. The van der Waals surface area contributed by atoms with E-state index in [1.54, 1.807) is 0 Å². The Labute approximate surface area is 133 Å². The zero-order chi connectivity index (χ0) is 15.3. The second kappa shape index (κ2) is 6.93. The summed E-state index contributed by atoms with van der Waals surface area (Å²) in [5.74, 6) is 0. The molecule has 0 saturated heterocycles. The Morgan fingerprint density at radius 1 is 1.05 bits per heavy atom. The van der Waals surface area contributed by atoms with Crippen molar-refractivity contribution in [1.82, 2.24) is 0 Å². The van der Waals surface area contributed by atoms with Gasteiger partial charge in [-0.05, 0) is 30.5 Å². The second-order valence-electron chi connectivity index (χ2n) is 5.93. The van der Waals surface area contributed by atoms with Crippen LogP contribution >= 0.6 is 11.6 Å². The number of nitrogens with zero attached hydrogens (tertiary/aromatic N) is 1. The van der Waals surface area contributed by atoms with Crippen molar-refractivity contribution in [2.45, 2.75) is 31.5 Å². The predicted molar refractivity (Wildman–Crippen MR) is 92.7 cm³/mol. The lowest BCUT2D eigenvalue weighted by molar-refractivity contribution is 0.827. The summed E-state index contributed by atoms with van der Waals surface area (Å²) in [7, 11) is -1.76. The summed E-state index contributed by atoms with van der Waals surface area (Å²) in [5, 5.41) is 11.7. The highest BCUT2D eigenvalue weighted by atomic mass is 35.5. The molecule has 2 aromatic carbocycles. The first-order valence-corrected chi connectivity index (χ1v) is 10.7. The number of nitriles is 1. The molecule has 0 aromatic heterocycles. The molecule has 0 aliphatic carbocycles. The highest BCUT2D eigenvalue weighted by Gasteiger charge is 2.33. The number of benzene rings is 2. The van der Waals surface area contributed by atoms with Crippen LogP contribution in [0.2, 0.25) is 23.7 Å². The van der Waals surface area contributed by atoms with Crippen LogP contribution in [0.1, 0.15) is 12.0 Å². The number of hydrogen-bond acceptors (Lipinski definition) is 1. The van der Waals surface area contributed by atoms with E-state index in [0.717, 1.165) is 17.9 Å². The van der Waals surface area contributed by atoms with Gasteiger partial charge in [0.15, 0.2) is 0 Å². The van der Waals surface area contributed by atoms with Crippen molar-refractivity contribution in [2.24, 2.45) is 0 Å². The minimum absolute atomic E-state index is 0.121. The van der Waals surface area contributed by atoms with Crippen LogP contribution in [0.3, 0.4) is 0 Å². The summed E-state index contributed by atoms with van der Waals surface area (Å²) < 4.78 is 0. The van der Waals surface area contributed by atoms with Gasteiger partial charge in [-0.15, -0.1) is 0 Å². The smallest absolute Gasteiger partial charge is 0.0989 e. The van der Waals surface area contributed by atoms with Crippen LogP contribution in [0.25, 0.3) is 0 Å². The minimum atomic E-state index is -1.76. The molecule has 0 fully saturated rings. The Balaban J connectivity index is 2.09. The molecule has 108 valence electrons. The van der Waals surface area contributed by atoms with Gasteiger partial charge in [0.25, 0.3) is 0 Å². The SMILES string of the molecule is C[Si](C)(c1ccccc1)[C@H](C#N)CCc1ccc(Cl)cc1. The van der Waals surface area contributed by atoms with Crippen LogP contribution < -0.4 is 5.19 Å². The van der Waals surface area contributed by atoms with Crippen molar-refractivity contribution < 1.29 is 0 Å². The third-order valence-electron chi connectivity index (χ3n) is 4.18. The van der Waals surface area contributed by atoms with Crippen molar-refractivity contribution in [2.75, 3.05) is 0 Å². The summed E-state index contributed by atoms with van der Waals surface area (Å²) in [6, 6.07) is 21.0. The molecule has 0 amide bonds. The van der Waals surface area contributed by atoms with Crippen molar-refractivity contribution in [3.05, 3.63) is 65.2 Å². The fourth-order valence-corrected chi connectivity index (χ4v) is 5.39. The first kappa shape index (κ1) is 15.8. The molecule has 0 radical (unpaired) electrons. The van der Waals surface area contributed by atoms with E-state index in [-0.39, 0.29) is 5.54 Å². The molecule has 0 heterocycles. The fourth-order valence-electron chi connectivity index (χ4n) is 2.62. The Bertz CT molecular complexity index is 614. The van der Waals surface area contributed by atoms with Gasteiger partial charge in [0.2, 0.25) is 0 Å². The molecule has 0 unspecified atom stereocenters. The molecule has 0 aliphatic rings. The van der Waals surface area contributed by atoms with Crippen LogP contribution in [-0.4, -0.2) is 8.07 Å². The number of aryl methyl sites for hydroxylation is 1. The van der Waals surface area contributed by atoms with Gasteiger partial charge in [-0.3, -0.25) is 0 Å². The molecule has 0 bridgehead atoms. The topological polar surface area (TPSA) is 23.8 Å². The van der Waals surface area contributed by atoms with Gasteiger partial charge in [0.05, 0.1) is 14.1 Å². The van der Waals surface area contributed by atoms with E-state index in [1.807, 2.05) is 30.3 Å². The lowest BCUT2D eigenvalue weighted by Crippen LogP contribution is -2.45. The Hall–Kier alpha value is -1.56. The molecule has 0 N–H and O–H groups in total. The number of rotatable bonds is 5. The summed E-state index contributed by atoms with van der Waals surface area (Å²) in [6.45, 7) is 4.58. The summed E-state index contributed by atoms with van der Waals surface area (Å²) in [4.78, 5) is 0.